The average Bonchev–Trinajstić information content (AvgIpc) is 2.87. The molecule has 0 saturated carbocycles. The van der Waals surface area contributed by atoms with Gasteiger partial charge in [-0.15, -0.1) is 11.3 Å². The molecule has 0 unspecified atom stereocenters. The van der Waals surface area contributed by atoms with E-state index >= 15 is 0 Å². The van der Waals surface area contributed by atoms with Gasteiger partial charge in [-0.05, 0) is 40.2 Å². The van der Waals surface area contributed by atoms with E-state index in [2.05, 4.69) is 31.2 Å². The Morgan fingerprint density at radius 3 is 2.95 bits per heavy atom. The molecule has 0 fully saturated rings. The van der Waals surface area contributed by atoms with Gasteiger partial charge in [0.2, 0.25) is 0 Å². The summed E-state index contributed by atoms with van der Waals surface area (Å²) in [6, 6.07) is 11.3. The number of nitrogens with one attached hydrogen (secondary N) is 1. The van der Waals surface area contributed by atoms with E-state index in [0.717, 1.165) is 15.2 Å². The van der Waals surface area contributed by atoms with Crippen LogP contribution in [0.25, 0.3) is 10.2 Å². The number of carbonyl (C=O) groups is 1. The van der Waals surface area contributed by atoms with Gasteiger partial charge in [0.05, 0.1) is 16.8 Å². The third-order valence-corrected chi connectivity index (χ3v) is 4.20. The molecule has 100 valence electrons. The standard InChI is InChI=1S/C14H10BrN3OS/c15-12-7-9(5-6-16-12)14(19)17-8-13-18-10-3-1-2-4-11(10)20-13/h1-7H,8H2,(H,17,19). The molecule has 6 heteroatoms. The van der Waals surface area contributed by atoms with Crippen molar-refractivity contribution in [1.29, 1.82) is 0 Å². The average molecular weight is 348 g/mol. The van der Waals surface area contributed by atoms with Gasteiger partial charge in [-0.25, -0.2) is 9.97 Å². The zero-order valence-corrected chi connectivity index (χ0v) is 12.7. The van der Waals surface area contributed by atoms with Gasteiger partial charge < -0.3 is 5.32 Å². The minimum atomic E-state index is -0.132. The molecule has 0 radical (unpaired) electrons. The normalized spacial score (nSPS) is 10.7. The summed E-state index contributed by atoms with van der Waals surface area (Å²) < 4.78 is 1.77. The topological polar surface area (TPSA) is 54.9 Å². The molecule has 4 nitrogen and oxygen atoms in total. The third kappa shape index (κ3) is 2.86. The number of hydrogen-bond donors (Lipinski definition) is 1. The number of aromatic nitrogens is 2. The Kier molecular flexibility index (Phi) is 3.75. The van der Waals surface area contributed by atoms with Gasteiger partial charge in [0.1, 0.15) is 9.61 Å². The Labute approximate surface area is 128 Å². The highest BCUT2D eigenvalue weighted by Crippen LogP contribution is 2.21. The third-order valence-electron chi connectivity index (χ3n) is 2.73. The van der Waals surface area contributed by atoms with Crippen molar-refractivity contribution in [2.75, 3.05) is 0 Å². The molecule has 3 rings (SSSR count). The van der Waals surface area contributed by atoms with Crippen molar-refractivity contribution in [3.05, 3.63) is 57.8 Å². The number of thiazole rings is 1. The molecule has 3 aromatic rings. The van der Waals surface area contributed by atoms with Crippen LogP contribution in [-0.2, 0) is 6.54 Å². The monoisotopic (exact) mass is 347 g/mol. The van der Waals surface area contributed by atoms with E-state index in [1.807, 2.05) is 24.3 Å². The fourth-order valence-electron chi connectivity index (χ4n) is 1.80. The molecule has 0 aliphatic rings. The van der Waals surface area contributed by atoms with E-state index < -0.39 is 0 Å². The molecule has 0 atom stereocenters. The molecule has 0 aliphatic heterocycles. The minimum absolute atomic E-state index is 0.132. The molecule has 0 bridgehead atoms. The molecule has 0 aliphatic carbocycles. The van der Waals surface area contributed by atoms with Gasteiger partial charge >= 0.3 is 0 Å². The van der Waals surface area contributed by atoms with Crippen molar-refractivity contribution in [2.24, 2.45) is 0 Å². The number of halogens is 1. The van der Waals surface area contributed by atoms with E-state index in [0.29, 0.717) is 16.7 Å². The highest BCUT2D eigenvalue weighted by atomic mass is 79.9. The van der Waals surface area contributed by atoms with Crippen LogP contribution in [0.5, 0.6) is 0 Å². The zero-order valence-electron chi connectivity index (χ0n) is 10.3. The van der Waals surface area contributed by atoms with Crippen LogP contribution in [0.4, 0.5) is 0 Å². The molecule has 20 heavy (non-hydrogen) atoms. The zero-order chi connectivity index (χ0) is 13.9. The van der Waals surface area contributed by atoms with Crippen LogP contribution in [0.3, 0.4) is 0 Å². The molecule has 1 N–H and O–H groups in total. The fourth-order valence-corrected chi connectivity index (χ4v) is 3.07. The molecule has 1 aromatic carbocycles. The Morgan fingerprint density at radius 2 is 2.15 bits per heavy atom. The van der Waals surface area contributed by atoms with Crippen LogP contribution in [0, 0.1) is 0 Å². The lowest BCUT2D eigenvalue weighted by Crippen LogP contribution is -2.22. The maximum atomic E-state index is 12.0. The quantitative estimate of drug-likeness (QED) is 0.739. The van der Waals surface area contributed by atoms with E-state index in [1.54, 1.807) is 29.7 Å². The summed E-state index contributed by atoms with van der Waals surface area (Å²) in [6.45, 7) is 0.429. The van der Waals surface area contributed by atoms with Crippen molar-refractivity contribution >= 4 is 43.4 Å². The largest absolute Gasteiger partial charge is 0.346 e. The number of pyridine rings is 1. The Morgan fingerprint density at radius 1 is 1.30 bits per heavy atom. The molecule has 2 aromatic heterocycles. The van der Waals surface area contributed by atoms with Gasteiger partial charge in [-0.2, -0.15) is 0 Å². The van der Waals surface area contributed by atoms with Crippen molar-refractivity contribution in [3.8, 4) is 0 Å². The van der Waals surface area contributed by atoms with Crippen LogP contribution in [0.2, 0.25) is 0 Å². The number of para-hydroxylation sites is 1. The summed E-state index contributed by atoms with van der Waals surface area (Å²) >= 11 is 4.84. The molecule has 0 saturated heterocycles. The number of hydrogen-bond acceptors (Lipinski definition) is 4. The minimum Gasteiger partial charge on any atom is -0.346 e. The summed E-state index contributed by atoms with van der Waals surface area (Å²) in [6.07, 6.45) is 1.59. The van der Waals surface area contributed by atoms with E-state index in [9.17, 15) is 4.79 Å². The van der Waals surface area contributed by atoms with Crippen LogP contribution in [0.15, 0.2) is 47.2 Å². The van der Waals surface area contributed by atoms with Gasteiger partial charge in [0, 0.05) is 11.8 Å². The van der Waals surface area contributed by atoms with Crippen LogP contribution >= 0.6 is 27.3 Å². The number of amides is 1. The summed E-state index contributed by atoms with van der Waals surface area (Å²) in [5.41, 5.74) is 1.54. The summed E-state index contributed by atoms with van der Waals surface area (Å²) in [4.78, 5) is 20.5. The van der Waals surface area contributed by atoms with Crippen molar-refractivity contribution < 1.29 is 4.79 Å². The second-order valence-electron chi connectivity index (χ2n) is 4.13. The first kappa shape index (κ1) is 13.2. The van der Waals surface area contributed by atoms with E-state index in [4.69, 9.17) is 0 Å². The SMILES string of the molecule is O=C(NCc1nc2ccccc2s1)c1ccnc(Br)c1. The van der Waals surface area contributed by atoms with Crippen molar-refractivity contribution in [1.82, 2.24) is 15.3 Å². The van der Waals surface area contributed by atoms with Crippen LogP contribution in [0.1, 0.15) is 15.4 Å². The van der Waals surface area contributed by atoms with Gasteiger partial charge in [-0.3, -0.25) is 4.79 Å². The molecule has 1 amide bonds. The Hall–Kier alpha value is -1.79. The van der Waals surface area contributed by atoms with Crippen molar-refractivity contribution in [2.45, 2.75) is 6.54 Å². The lowest BCUT2D eigenvalue weighted by atomic mass is 10.2. The first-order valence-corrected chi connectivity index (χ1v) is 7.57. The molecule has 0 spiro atoms. The lowest BCUT2D eigenvalue weighted by Gasteiger charge is -2.02. The number of nitrogens with zero attached hydrogens (tertiary/aromatic N) is 2. The van der Waals surface area contributed by atoms with E-state index in [1.165, 1.54) is 0 Å². The summed E-state index contributed by atoms with van der Waals surface area (Å²) in [7, 11) is 0. The smallest absolute Gasteiger partial charge is 0.251 e. The van der Waals surface area contributed by atoms with Gasteiger partial charge in [0.25, 0.3) is 5.91 Å². The summed E-state index contributed by atoms with van der Waals surface area (Å²) in [5, 5.41) is 3.76. The Bertz CT molecular complexity index is 739. The first-order chi connectivity index (χ1) is 9.72. The maximum absolute atomic E-state index is 12.0. The fraction of sp³-hybridized carbons (Fsp3) is 0.0714. The molecular formula is C14H10BrN3OS. The number of rotatable bonds is 3. The number of benzene rings is 1. The van der Waals surface area contributed by atoms with Crippen LogP contribution < -0.4 is 5.32 Å². The first-order valence-electron chi connectivity index (χ1n) is 5.96. The maximum Gasteiger partial charge on any atom is 0.251 e. The second kappa shape index (κ2) is 5.68. The Balaban J connectivity index is 1.71. The predicted octanol–water partition coefficient (Wildman–Crippen LogP) is 3.38. The number of carbonyl (C=O) groups excluding carboxylic acids is 1. The molecule has 2 heterocycles. The number of fused-ring (bicyclic) bond motifs is 1. The van der Waals surface area contributed by atoms with E-state index in [-0.39, 0.29) is 5.91 Å². The lowest BCUT2D eigenvalue weighted by molar-refractivity contribution is 0.0950. The second-order valence-corrected chi connectivity index (χ2v) is 6.05. The highest BCUT2D eigenvalue weighted by Gasteiger charge is 2.08. The highest BCUT2D eigenvalue weighted by molar-refractivity contribution is 9.10. The summed E-state index contributed by atoms with van der Waals surface area (Å²) in [5.74, 6) is -0.132. The van der Waals surface area contributed by atoms with Crippen molar-refractivity contribution in [3.63, 3.8) is 0 Å². The molecular weight excluding hydrogens is 338 g/mol. The predicted molar refractivity (Wildman–Crippen MR) is 82.7 cm³/mol. The van der Waals surface area contributed by atoms with Gasteiger partial charge in [0.15, 0.2) is 0 Å². The van der Waals surface area contributed by atoms with Crippen LogP contribution in [-0.4, -0.2) is 15.9 Å². The van der Waals surface area contributed by atoms with Gasteiger partial charge in [-0.1, -0.05) is 12.1 Å².